The molecule has 3 nitrogen and oxygen atoms in total. The molecule has 0 spiro atoms. The van der Waals surface area contributed by atoms with Crippen LogP contribution in [0.1, 0.15) is 0 Å². The van der Waals surface area contributed by atoms with Crippen molar-refractivity contribution in [1.29, 1.82) is 0 Å². The lowest BCUT2D eigenvalue weighted by molar-refractivity contribution is 0.414. The van der Waals surface area contributed by atoms with Crippen molar-refractivity contribution < 1.29 is 9.13 Å². The quantitative estimate of drug-likeness (QED) is 0.788. The van der Waals surface area contributed by atoms with Crippen LogP contribution in [-0.4, -0.2) is 12.1 Å². The Morgan fingerprint density at radius 2 is 2.12 bits per heavy atom. The van der Waals surface area contributed by atoms with E-state index in [4.69, 9.17) is 10.5 Å². The molecular formula is C12H11FN2O. The van der Waals surface area contributed by atoms with Crippen molar-refractivity contribution in [2.45, 2.75) is 0 Å². The van der Waals surface area contributed by atoms with E-state index in [0.29, 0.717) is 11.3 Å². The molecule has 1 aromatic heterocycles. The van der Waals surface area contributed by atoms with E-state index in [-0.39, 0.29) is 5.69 Å². The minimum Gasteiger partial charge on any atom is -0.494 e. The fourth-order valence-electron chi connectivity index (χ4n) is 1.48. The molecule has 0 aliphatic carbocycles. The summed E-state index contributed by atoms with van der Waals surface area (Å²) in [5, 5.41) is 0. The first-order valence-corrected chi connectivity index (χ1v) is 4.76. The molecule has 16 heavy (non-hydrogen) atoms. The van der Waals surface area contributed by atoms with E-state index in [1.165, 1.54) is 12.1 Å². The fraction of sp³-hybridized carbons (Fsp3) is 0.0833. The Balaban J connectivity index is 2.54. The van der Waals surface area contributed by atoms with Gasteiger partial charge in [0.05, 0.1) is 19.0 Å². The molecule has 0 saturated heterocycles. The topological polar surface area (TPSA) is 48.1 Å². The summed E-state index contributed by atoms with van der Waals surface area (Å²) in [4.78, 5) is 3.94. The van der Waals surface area contributed by atoms with Gasteiger partial charge in [0.15, 0.2) is 0 Å². The average Bonchev–Trinajstić information content (AvgIpc) is 2.32. The van der Waals surface area contributed by atoms with Crippen LogP contribution in [0.4, 0.5) is 10.1 Å². The molecule has 4 heteroatoms. The van der Waals surface area contributed by atoms with Gasteiger partial charge in [0, 0.05) is 11.8 Å². The zero-order chi connectivity index (χ0) is 11.5. The van der Waals surface area contributed by atoms with Crippen molar-refractivity contribution in [3.63, 3.8) is 0 Å². The Bertz CT molecular complexity index is 514. The van der Waals surface area contributed by atoms with Gasteiger partial charge >= 0.3 is 0 Å². The molecule has 0 bridgehead atoms. The van der Waals surface area contributed by atoms with E-state index in [2.05, 4.69) is 4.98 Å². The molecule has 0 aliphatic heterocycles. The Labute approximate surface area is 92.7 Å². The van der Waals surface area contributed by atoms with Crippen LogP contribution in [0.25, 0.3) is 11.1 Å². The van der Waals surface area contributed by atoms with E-state index in [9.17, 15) is 4.39 Å². The average molecular weight is 218 g/mol. The van der Waals surface area contributed by atoms with Crippen LogP contribution < -0.4 is 10.5 Å². The summed E-state index contributed by atoms with van der Waals surface area (Å²) in [6, 6.07) is 6.43. The number of nitrogens with zero attached hydrogens (tertiary/aromatic N) is 1. The third kappa shape index (κ3) is 1.82. The number of rotatable bonds is 2. The first-order valence-electron chi connectivity index (χ1n) is 4.76. The highest BCUT2D eigenvalue weighted by molar-refractivity contribution is 5.71. The predicted molar refractivity (Wildman–Crippen MR) is 60.6 cm³/mol. The lowest BCUT2D eigenvalue weighted by atomic mass is 10.1. The van der Waals surface area contributed by atoms with Crippen molar-refractivity contribution >= 4 is 5.69 Å². The van der Waals surface area contributed by atoms with Gasteiger partial charge in [-0.15, -0.1) is 0 Å². The van der Waals surface area contributed by atoms with Gasteiger partial charge in [-0.25, -0.2) is 4.39 Å². The summed E-state index contributed by atoms with van der Waals surface area (Å²) in [5.74, 6) is 0.169. The van der Waals surface area contributed by atoms with E-state index in [1.807, 2.05) is 0 Å². The number of hydrogen-bond acceptors (Lipinski definition) is 3. The summed E-state index contributed by atoms with van der Waals surface area (Å²) >= 11 is 0. The summed E-state index contributed by atoms with van der Waals surface area (Å²) in [5.41, 5.74) is 7.06. The van der Waals surface area contributed by atoms with Crippen LogP contribution in [-0.2, 0) is 0 Å². The van der Waals surface area contributed by atoms with Gasteiger partial charge in [-0.05, 0) is 23.8 Å². The van der Waals surface area contributed by atoms with Crippen molar-refractivity contribution in [3.05, 3.63) is 42.5 Å². The van der Waals surface area contributed by atoms with Crippen molar-refractivity contribution in [1.82, 2.24) is 4.98 Å². The Morgan fingerprint density at radius 3 is 2.81 bits per heavy atom. The Kier molecular flexibility index (Phi) is 2.72. The maximum absolute atomic E-state index is 13.3. The second-order valence-corrected chi connectivity index (χ2v) is 3.31. The largest absolute Gasteiger partial charge is 0.494 e. The highest BCUT2D eigenvalue weighted by Crippen LogP contribution is 2.30. The first-order chi connectivity index (χ1) is 7.72. The standard InChI is InChI=1S/C12H11FN2O/c1-16-12-7-15-5-4-9(12)8-2-3-11(14)10(13)6-8/h2-7H,14H2,1H3. The number of hydrogen-bond donors (Lipinski definition) is 1. The lowest BCUT2D eigenvalue weighted by Gasteiger charge is -2.08. The molecule has 0 unspecified atom stereocenters. The van der Waals surface area contributed by atoms with Crippen LogP contribution in [0.15, 0.2) is 36.7 Å². The van der Waals surface area contributed by atoms with Gasteiger partial charge < -0.3 is 10.5 Å². The smallest absolute Gasteiger partial charge is 0.146 e. The molecule has 1 aromatic carbocycles. The van der Waals surface area contributed by atoms with Gasteiger partial charge in [0.2, 0.25) is 0 Å². The van der Waals surface area contributed by atoms with Crippen LogP contribution in [0.3, 0.4) is 0 Å². The first kappa shape index (κ1) is 10.4. The minimum absolute atomic E-state index is 0.136. The van der Waals surface area contributed by atoms with E-state index in [0.717, 1.165) is 5.56 Å². The van der Waals surface area contributed by atoms with Crippen molar-refractivity contribution in [2.75, 3.05) is 12.8 Å². The third-order valence-corrected chi connectivity index (χ3v) is 2.32. The zero-order valence-corrected chi connectivity index (χ0v) is 8.77. The van der Waals surface area contributed by atoms with Crippen LogP contribution in [0.5, 0.6) is 5.75 Å². The van der Waals surface area contributed by atoms with Gasteiger partial charge in [-0.3, -0.25) is 4.98 Å². The predicted octanol–water partition coefficient (Wildman–Crippen LogP) is 2.48. The lowest BCUT2D eigenvalue weighted by Crippen LogP contribution is -1.92. The summed E-state index contributed by atoms with van der Waals surface area (Å²) < 4.78 is 18.5. The van der Waals surface area contributed by atoms with Crippen LogP contribution in [0, 0.1) is 5.82 Å². The molecular weight excluding hydrogens is 207 g/mol. The molecule has 2 rings (SSSR count). The monoisotopic (exact) mass is 218 g/mol. The maximum atomic E-state index is 13.3. The fourth-order valence-corrected chi connectivity index (χ4v) is 1.48. The number of nitrogens with two attached hydrogens (primary N) is 1. The van der Waals surface area contributed by atoms with E-state index >= 15 is 0 Å². The number of halogens is 1. The molecule has 2 aromatic rings. The number of benzene rings is 1. The number of ether oxygens (including phenoxy) is 1. The number of nitrogen functional groups attached to an aromatic ring is 1. The van der Waals surface area contributed by atoms with Crippen LogP contribution >= 0.6 is 0 Å². The van der Waals surface area contributed by atoms with Gasteiger partial charge in [-0.1, -0.05) is 6.07 Å². The number of anilines is 1. The molecule has 0 saturated carbocycles. The Morgan fingerprint density at radius 1 is 1.31 bits per heavy atom. The van der Waals surface area contributed by atoms with Crippen LogP contribution in [0.2, 0.25) is 0 Å². The second-order valence-electron chi connectivity index (χ2n) is 3.31. The summed E-state index contributed by atoms with van der Waals surface area (Å²) in [6.45, 7) is 0. The number of aromatic nitrogens is 1. The molecule has 0 radical (unpaired) electrons. The summed E-state index contributed by atoms with van der Waals surface area (Å²) in [6.07, 6.45) is 3.22. The van der Waals surface area contributed by atoms with Crippen molar-refractivity contribution in [3.8, 4) is 16.9 Å². The van der Waals surface area contributed by atoms with Gasteiger partial charge in [-0.2, -0.15) is 0 Å². The Hall–Kier alpha value is -2.10. The normalized spacial score (nSPS) is 10.1. The second kappa shape index (κ2) is 4.18. The van der Waals surface area contributed by atoms with E-state index < -0.39 is 5.82 Å². The van der Waals surface area contributed by atoms with E-state index in [1.54, 1.807) is 31.6 Å². The highest BCUT2D eigenvalue weighted by atomic mass is 19.1. The molecule has 0 fully saturated rings. The molecule has 1 heterocycles. The number of methoxy groups -OCH3 is 1. The molecule has 82 valence electrons. The molecule has 2 N–H and O–H groups in total. The molecule has 0 atom stereocenters. The minimum atomic E-state index is -0.434. The SMILES string of the molecule is COc1cnccc1-c1ccc(N)c(F)c1. The van der Waals surface area contributed by atoms with Crippen molar-refractivity contribution in [2.24, 2.45) is 0 Å². The molecule has 0 aliphatic rings. The summed E-state index contributed by atoms with van der Waals surface area (Å²) in [7, 11) is 1.55. The number of pyridine rings is 1. The highest BCUT2D eigenvalue weighted by Gasteiger charge is 2.07. The molecule has 0 amide bonds. The maximum Gasteiger partial charge on any atom is 0.146 e. The zero-order valence-electron chi connectivity index (χ0n) is 8.77. The van der Waals surface area contributed by atoms with Gasteiger partial charge in [0.1, 0.15) is 11.6 Å². The van der Waals surface area contributed by atoms with Gasteiger partial charge in [0.25, 0.3) is 0 Å². The third-order valence-electron chi connectivity index (χ3n) is 2.32.